The maximum Gasteiger partial charge on any atom is 0.250 e. The topological polar surface area (TPSA) is 110 Å². The van der Waals surface area contributed by atoms with Gasteiger partial charge in [0.2, 0.25) is 5.91 Å². The molecular formula is C21H30N4O3. The molecule has 5 N–H and O–H groups in total. The van der Waals surface area contributed by atoms with Crippen molar-refractivity contribution in [1.82, 2.24) is 10.3 Å². The van der Waals surface area contributed by atoms with Gasteiger partial charge in [0.05, 0.1) is 5.56 Å². The van der Waals surface area contributed by atoms with Gasteiger partial charge in [-0.25, -0.2) is 4.98 Å². The minimum Gasteiger partial charge on any atom is -0.472 e. The first-order chi connectivity index (χ1) is 13.2. The molecule has 0 fully saturated rings. The van der Waals surface area contributed by atoms with Gasteiger partial charge in [-0.05, 0) is 36.1 Å². The quantitative estimate of drug-likeness (QED) is 0.389. The van der Waals surface area contributed by atoms with Gasteiger partial charge in [0, 0.05) is 19.3 Å². The van der Waals surface area contributed by atoms with Crippen molar-refractivity contribution in [3.63, 3.8) is 0 Å². The molecule has 7 heteroatoms. The average Bonchev–Trinajstić information content (AvgIpc) is 2.64. The summed E-state index contributed by atoms with van der Waals surface area (Å²) in [6.07, 6.45) is 0.194. The largest absolute Gasteiger partial charge is 0.472 e. The van der Waals surface area contributed by atoms with Crippen molar-refractivity contribution in [3.8, 4) is 5.75 Å². The third-order valence-corrected chi connectivity index (χ3v) is 4.21. The number of para-hydroxylation sites is 1. The molecule has 1 amide bonds. The molecule has 0 aliphatic heterocycles. The van der Waals surface area contributed by atoms with Crippen LogP contribution in [0, 0.1) is 0 Å². The Balaban J connectivity index is 1.91. The van der Waals surface area contributed by atoms with E-state index in [0.29, 0.717) is 24.5 Å². The van der Waals surface area contributed by atoms with Crippen LogP contribution in [0.3, 0.4) is 0 Å². The Hall–Kier alpha value is -2.64. The zero-order valence-electron chi connectivity index (χ0n) is 16.9. The predicted molar refractivity (Wildman–Crippen MR) is 110 cm³/mol. The highest BCUT2D eigenvalue weighted by Crippen LogP contribution is 2.31. The minimum absolute atomic E-state index is 0.0653. The molecule has 0 spiro atoms. The van der Waals surface area contributed by atoms with Gasteiger partial charge in [0.1, 0.15) is 17.7 Å². The van der Waals surface area contributed by atoms with E-state index < -0.39 is 18.2 Å². The molecule has 28 heavy (non-hydrogen) atoms. The van der Waals surface area contributed by atoms with Crippen LogP contribution >= 0.6 is 0 Å². The van der Waals surface area contributed by atoms with E-state index >= 15 is 0 Å². The molecule has 2 atom stereocenters. The first-order valence-corrected chi connectivity index (χ1v) is 9.36. The van der Waals surface area contributed by atoms with Crippen molar-refractivity contribution in [2.24, 2.45) is 5.73 Å². The third-order valence-electron chi connectivity index (χ3n) is 4.21. The van der Waals surface area contributed by atoms with E-state index in [1.165, 1.54) is 6.20 Å². The fourth-order valence-electron chi connectivity index (χ4n) is 2.69. The van der Waals surface area contributed by atoms with Gasteiger partial charge in [-0.1, -0.05) is 39.0 Å². The normalized spacial score (nSPS) is 13.6. The number of nitrogens with one attached hydrogen (secondary N) is 2. The number of hydrogen-bond donors (Lipinski definition) is 4. The van der Waals surface area contributed by atoms with E-state index in [4.69, 9.17) is 10.5 Å². The monoisotopic (exact) mass is 386 g/mol. The number of pyridine rings is 1. The summed E-state index contributed by atoms with van der Waals surface area (Å²) in [7, 11) is 0. The summed E-state index contributed by atoms with van der Waals surface area (Å²) in [6.45, 7) is 9.18. The molecule has 1 heterocycles. The van der Waals surface area contributed by atoms with Crippen molar-refractivity contribution >= 4 is 11.7 Å². The van der Waals surface area contributed by atoms with E-state index in [2.05, 4.69) is 36.4 Å². The molecular weight excluding hydrogens is 356 g/mol. The summed E-state index contributed by atoms with van der Waals surface area (Å²) in [5.41, 5.74) is 6.58. The lowest BCUT2D eigenvalue weighted by molar-refractivity contribution is 0.0268. The predicted octanol–water partition coefficient (Wildman–Crippen LogP) is 2.27. The summed E-state index contributed by atoms with van der Waals surface area (Å²) in [4.78, 5) is 15.2. The third kappa shape index (κ3) is 6.21. The second-order valence-electron chi connectivity index (χ2n) is 7.70. The van der Waals surface area contributed by atoms with Crippen LogP contribution in [0.1, 0.15) is 43.6 Å². The summed E-state index contributed by atoms with van der Waals surface area (Å²) >= 11 is 0. The van der Waals surface area contributed by atoms with Gasteiger partial charge in [-0.15, -0.1) is 0 Å². The van der Waals surface area contributed by atoms with Crippen LogP contribution in [-0.4, -0.2) is 41.4 Å². The number of nitrogens with two attached hydrogens (primary N) is 1. The van der Waals surface area contributed by atoms with Crippen LogP contribution < -0.4 is 21.1 Å². The first-order valence-electron chi connectivity index (χ1n) is 9.36. The Morgan fingerprint density at radius 2 is 1.93 bits per heavy atom. The molecule has 0 radical (unpaired) electrons. The highest BCUT2D eigenvalue weighted by molar-refractivity contribution is 5.92. The summed E-state index contributed by atoms with van der Waals surface area (Å²) in [6, 6.07) is 11.2. The first kappa shape index (κ1) is 21.7. The maximum atomic E-state index is 11.1. The van der Waals surface area contributed by atoms with E-state index in [9.17, 15) is 9.90 Å². The molecule has 0 bridgehead atoms. The number of amides is 1. The number of carbonyl (C=O) groups excluding carboxylic acids is 1. The maximum absolute atomic E-state index is 11.1. The summed E-state index contributed by atoms with van der Waals surface area (Å²) < 4.78 is 6.07. The second-order valence-corrected chi connectivity index (χ2v) is 7.70. The Labute approximate surface area is 166 Å². The number of rotatable bonds is 9. The number of aliphatic hydroxyl groups excluding tert-OH is 1. The lowest BCUT2D eigenvalue weighted by Gasteiger charge is -2.28. The van der Waals surface area contributed by atoms with Gasteiger partial charge in [-0.3, -0.25) is 10.1 Å². The Kier molecular flexibility index (Phi) is 7.37. The number of aliphatic hydroxyl groups is 1. The standard InChI is InChI=1S/C21H30N4O3/c1-14(26)20(28-17-8-6-5-7-16(17)21(2,3)4)24-12-11-23-18-10-9-15(13-25-18)19(22)27/h5-10,13-14,20,24,26H,11-12H2,1-4H3,(H2,22,27)(H,23,25). The summed E-state index contributed by atoms with van der Waals surface area (Å²) in [5, 5.41) is 16.5. The fraction of sp³-hybridized carbons (Fsp3) is 0.429. The van der Waals surface area contributed by atoms with Gasteiger partial charge >= 0.3 is 0 Å². The smallest absolute Gasteiger partial charge is 0.250 e. The number of ether oxygens (including phenoxy) is 1. The Morgan fingerprint density at radius 1 is 1.21 bits per heavy atom. The van der Waals surface area contributed by atoms with Crippen molar-refractivity contribution in [2.45, 2.75) is 45.4 Å². The number of hydrogen-bond acceptors (Lipinski definition) is 6. The summed E-state index contributed by atoms with van der Waals surface area (Å²) in [5.74, 6) is 0.887. The number of carbonyl (C=O) groups is 1. The molecule has 1 aromatic carbocycles. The molecule has 0 aliphatic rings. The van der Waals surface area contributed by atoms with Crippen molar-refractivity contribution in [3.05, 3.63) is 53.7 Å². The fourth-order valence-corrected chi connectivity index (χ4v) is 2.69. The molecule has 0 aliphatic carbocycles. The van der Waals surface area contributed by atoms with Gasteiger partial charge < -0.3 is 20.9 Å². The van der Waals surface area contributed by atoms with E-state index in [1.54, 1.807) is 19.1 Å². The zero-order valence-corrected chi connectivity index (χ0v) is 16.9. The van der Waals surface area contributed by atoms with Crippen LogP contribution in [0.25, 0.3) is 0 Å². The van der Waals surface area contributed by atoms with E-state index in [1.807, 2.05) is 24.3 Å². The number of primary amides is 1. The van der Waals surface area contributed by atoms with Crippen LogP contribution in [0.15, 0.2) is 42.6 Å². The van der Waals surface area contributed by atoms with Crippen LogP contribution in [0.2, 0.25) is 0 Å². The van der Waals surface area contributed by atoms with Crippen molar-refractivity contribution in [2.75, 3.05) is 18.4 Å². The number of nitrogens with zero attached hydrogens (tertiary/aromatic N) is 1. The van der Waals surface area contributed by atoms with Crippen molar-refractivity contribution < 1.29 is 14.6 Å². The lowest BCUT2D eigenvalue weighted by Crippen LogP contribution is -2.45. The molecule has 1 aromatic heterocycles. The van der Waals surface area contributed by atoms with Gasteiger partial charge in [0.15, 0.2) is 6.23 Å². The zero-order chi connectivity index (χ0) is 20.7. The van der Waals surface area contributed by atoms with Crippen LogP contribution in [0.5, 0.6) is 5.75 Å². The Morgan fingerprint density at radius 3 is 2.50 bits per heavy atom. The average molecular weight is 386 g/mol. The SMILES string of the molecule is CC(O)C(NCCNc1ccc(C(N)=O)cn1)Oc1ccccc1C(C)(C)C. The van der Waals surface area contributed by atoms with Gasteiger partial charge in [-0.2, -0.15) is 0 Å². The molecule has 2 unspecified atom stereocenters. The van der Waals surface area contributed by atoms with Crippen LogP contribution in [0.4, 0.5) is 5.82 Å². The Bertz CT molecular complexity index is 770. The van der Waals surface area contributed by atoms with E-state index in [-0.39, 0.29) is 5.41 Å². The second kappa shape index (κ2) is 9.52. The number of benzene rings is 1. The molecule has 2 rings (SSSR count). The van der Waals surface area contributed by atoms with Crippen molar-refractivity contribution in [1.29, 1.82) is 0 Å². The van der Waals surface area contributed by atoms with Gasteiger partial charge in [0.25, 0.3) is 0 Å². The molecule has 2 aromatic rings. The molecule has 7 nitrogen and oxygen atoms in total. The van der Waals surface area contributed by atoms with E-state index in [0.717, 1.165) is 11.3 Å². The number of aromatic nitrogens is 1. The molecule has 152 valence electrons. The van der Waals surface area contributed by atoms with Crippen LogP contribution in [-0.2, 0) is 5.41 Å². The minimum atomic E-state index is -0.694. The number of anilines is 1. The highest BCUT2D eigenvalue weighted by Gasteiger charge is 2.22. The highest BCUT2D eigenvalue weighted by atomic mass is 16.5. The molecule has 0 saturated carbocycles. The lowest BCUT2D eigenvalue weighted by atomic mass is 9.86. The molecule has 0 saturated heterocycles.